The van der Waals surface area contributed by atoms with Crippen molar-refractivity contribution in [1.82, 2.24) is 20.4 Å². The van der Waals surface area contributed by atoms with E-state index in [-0.39, 0.29) is 23.4 Å². The Morgan fingerprint density at radius 3 is 2.40 bits per heavy atom. The zero-order valence-corrected chi connectivity index (χ0v) is 22.4. The summed E-state index contributed by atoms with van der Waals surface area (Å²) in [6.07, 6.45) is 0.587. The van der Waals surface area contributed by atoms with Crippen LogP contribution in [-0.2, 0) is 4.79 Å². The number of nitrogens with zero attached hydrogens (tertiary/aromatic N) is 3. The number of benzene rings is 2. The lowest BCUT2D eigenvalue weighted by atomic mass is 9.91. The van der Waals surface area contributed by atoms with Crippen molar-refractivity contribution >= 4 is 29.4 Å². The number of Topliss-reactive ketones (excluding diaryl/α,β-unsaturated/α-hetero) is 1. The topological polar surface area (TPSA) is 128 Å². The Labute approximate surface area is 230 Å². The number of nitrogens with two attached hydrogens (primary N) is 1. The first-order valence-electron chi connectivity index (χ1n) is 13.0. The molecule has 1 atom stereocenters. The average Bonchev–Trinajstić information content (AvgIpc) is 2.92. The molecule has 0 aliphatic carbocycles. The Balaban J connectivity index is 1.36. The highest BCUT2D eigenvalue weighted by molar-refractivity contribution is 6.03. The Hall–Kier alpha value is -4.32. The molecule has 12 heteroatoms. The number of piperazine rings is 1. The SMILES string of the molecule is CC(=O)C1=C(C)NC(=O)N(C(=O)NCCCN2CCN(c3ccccc3C(N)=O)CC2)C1c1ccc(F)c(F)c1. The van der Waals surface area contributed by atoms with Crippen LogP contribution in [0.2, 0.25) is 0 Å². The van der Waals surface area contributed by atoms with Crippen molar-refractivity contribution < 1.29 is 28.0 Å². The summed E-state index contributed by atoms with van der Waals surface area (Å²) in [5.41, 5.74) is 7.26. The van der Waals surface area contributed by atoms with Gasteiger partial charge in [0.15, 0.2) is 17.4 Å². The normalized spacial score (nSPS) is 18.0. The van der Waals surface area contributed by atoms with E-state index in [9.17, 15) is 28.0 Å². The fourth-order valence-corrected chi connectivity index (χ4v) is 5.16. The lowest BCUT2D eigenvalue weighted by molar-refractivity contribution is -0.114. The van der Waals surface area contributed by atoms with Crippen LogP contribution in [0.3, 0.4) is 0 Å². The molecule has 1 unspecified atom stereocenters. The number of hydrogen-bond acceptors (Lipinski definition) is 6. The fraction of sp³-hybridized carbons (Fsp3) is 0.357. The number of para-hydroxylation sites is 1. The number of hydrogen-bond donors (Lipinski definition) is 3. The van der Waals surface area contributed by atoms with Gasteiger partial charge >= 0.3 is 12.1 Å². The van der Waals surface area contributed by atoms with Crippen LogP contribution in [0.25, 0.3) is 0 Å². The molecule has 0 bridgehead atoms. The van der Waals surface area contributed by atoms with E-state index in [1.54, 1.807) is 12.1 Å². The average molecular weight is 555 g/mol. The van der Waals surface area contributed by atoms with Gasteiger partial charge in [0.1, 0.15) is 0 Å². The van der Waals surface area contributed by atoms with E-state index in [1.807, 2.05) is 12.1 Å². The second-order valence-electron chi connectivity index (χ2n) is 9.77. The van der Waals surface area contributed by atoms with E-state index in [0.717, 1.165) is 35.8 Å². The highest BCUT2D eigenvalue weighted by Crippen LogP contribution is 2.34. The van der Waals surface area contributed by atoms with E-state index in [2.05, 4.69) is 20.4 Å². The first-order chi connectivity index (χ1) is 19.1. The van der Waals surface area contributed by atoms with Gasteiger partial charge in [0, 0.05) is 49.7 Å². The number of carbonyl (C=O) groups excluding carboxylic acids is 4. The fourth-order valence-electron chi connectivity index (χ4n) is 5.16. The van der Waals surface area contributed by atoms with Gasteiger partial charge in [-0.15, -0.1) is 0 Å². The van der Waals surface area contributed by atoms with E-state index in [4.69, 9.17) is 5.73 Å². The number of urea groups is 2. The molecule has 2 aliphatic heterocycles. The molecule has 2 aromatic rings. The maximum Gasteiger partial charge on any atom is 0.330 e. The minimum absolute atomic E-state index is 0.101. The standard InChI is InChI=1S/C28H32F2N6O4/c1-17-24(18(2)37)25(19-8-9-21(29)22(30)16-19)36(28(40)33-17)27(39)32-10-5-11-34-12-14-35(15-13-34)23-7-4-3-6-20(23)26(31)38/h3-4,6-9,16,25H,5,10-15H2,1-2H3,(H2,31,38)(H,32,39)(H,33,40). The van der Waals surface area contributed by atoms with Crippen LogP contribution in [0.4, 0.5) is 24.1 Å². The van der Waals surface area contributed by atoms with Crippen LogP contribution < -0.4 is 21.3 Å². The lowest BCUT2D eigenvalue weighted by Gasteiger charge is -2.37. The smallest absolute Gasteiger partial charge is 0.330 e. The van der Waals surface area contributed by atoms with E-state index >= 15 is 0 Å². The number of anilines is 1. The summed E-state index contributed by atoms with van der Waals surface area (Å²) < 4.78 is 27.7. The Morgan fingerprint density at radius 1 is 1.05 bits per heavy atom. The highest BCUT2D eigenvalue weighted by atomic mass is 19.2. The third-order valence-electron chi connectivity index (χ3n) is 7.12. The summed E-state index contributed by atoms with van der Waals surface area (Å²) in [4.78, 5) is 55.4. The molecule has 4 rings (SSSR count). The third-order valence-corrected chi connectivity index (χ3v) is 7.12. The van der Waals surface area contributed by atoms with Crippen LogP contribution in [0, 0.1) is 11.6 Å². The van der Waals surface area contributed by atoms with Gasteiger partial charge < -0.3 is 21.3 Å². The van der Waals surface area contributed by atoms with E-state index in [1.165, 1.54) is 19.9 Å². The molecule has 1 saturated heterocycles. The molecule has 0 spiro atoms. The molecule has 2 heterocycles. The highest BCUT2D eigenvalue weighted by Gasteiger charge is 2.40. The molecule has 40 heavy (non-hydrogen) atoms. The summed E-state index contributed by atoms with van der Waals surface area (Å²) in [7, 11) is 0. The summed E-state index contributed by atoms with van der Waals surface area (Å²) >= 11 is 0. The minimum atomic E-state index is -1.21. The largest absolute Gasteiger partial charge is 0.368 e. The van der Waals surface area contributed by atoms with Gasteiger partial charge in [-0.25, -0.2) is 23.3 Å². The van der Waals surface area contributed by atoms with Crippen LogP contribution >= 0.6 is 0 Å². The number of allylic oxidation sites excluding steroid dienone is 1. The van der Waals surface area contributed by atoms with Crippen LogP contribution in [0.15, 0.2) is 53.7 Å². The van der Waals surface area contributed by atoms with Crippen molar-refractivity contribution in [3.05, 3.63) is 76.5 Å². The monoisotopic (exact) mass is 554 g/mol. The number of ketones is 1. The molecular formula is C28H32F2N6O4. The van der Waals surface area contributed by atoms with Crippen molar-refractivity contribution in [1.29, 1.82) is 0 Å². The Morgan fingerprint density at radius 2 is 1.75 bits per heavy atom. The molecular weight excluding hydrogens is 522 g/mol. The minimum Gasteiger partial charge on any atom is -0.368 e. The molecule has 0 aromatic heterocycles. The summed E-state index contributed by atoms with van der Waals surface area (Å²) in [6.45, 7) is 6.65. The number of halogens is 2. The van der Waals surface area contributed by atoms with Gasteiger partial charge in [-0.05, 0) is 56.6 Å². The van der Waals surface area contributed by atoms with Crippen molar-refractivity contribution in [3.63, 3.8) is 0 Å². The molecule has 212 valence electrons. The van der Waals surface area contributed by atoms with Crippen LogP contribution in [0.5, 0.6) is 0 Å². The van der Waals surface area contributed by atoms with Gasteiger partial charge in [0.2, 0.25) is 0 Å². The molecule has 5 amide bonds. The summed E-state index contributed by atoms with van der Waals surface area (Å²) in [6, 6.07) is 7.52. The van der Waals surface area contributed by atoms with E-state index in [0.29, 0.717) is 31.6 Å². The zero-order valence-electron chi connectivity index (χ0n) is 22.4. The predicted molar refractivity (Wildman–Crippen MR) is 144 cm³/mol. The molecule has 4 N–H and O–H groups in total. The second-order valence-corrected chi connectivity index (χ2v) is 9.77. The number of carbonyl (C=O) groups is 4. The molecule has 0 radical (unpaired) electrons. The Bertz CT molecular complexity index is 1360. The maximum absolute atomic E-state index is 14.1. The first kappa shape index (κ1) is 28.7. The van der Waals surface area contributed by atoms with Crippen LogP contribution in [0.1, 0.15) is 42.2 Å². The number of amides is 5. The molecule has 10 nitrogen and oxygen atoms in total. The van der Waals surface area contributed by atoms with Crippen molar-refractivity contribution in [2.75, 3.05) is 44.2 Å². The molecule has 2 aliphatic rings. The summed E-state index contributed by atoms with van der Waals surface area (Å²) in [5, 5.41) is 5.23. The lowest BCUT2D eigenvalue weighted by Crippen LogP contribution is -2.54. The number of nitrogens with one attached hydrogen (secondary N) is 2. The number of imide groups is 1. The predicted octanol–water partition coefficient (Wildman–Crippen LogP) is 2.91. The number of rotatable bonds is 8. The molecule has 2 aromatic carbocycles. The Kier molecular flexibility index (Phi) is 8.78. The van der Waals surface area contributed by atoms with E-state index < -0.39 is 41.4 Å². The van der Waals surface area contributed by atoms with Crippen molar-refractivity contribution in [3.8, 4) is 0 Å². The maximum atomic E-state index is 14.1. The van der Waals surface area contributed by atoms with Gasteiger partial charge in [-0.1, -0.05) is 18.2 Å². The van der Waals surface area contributed by atoms with Gasteiger partial charge in [0.05, 0.1) is 11.6 Å². The molecule has 0 saturated carbocycles. The third kappa shape index (κ3) is 6.12. The second kappa shape index (κ2) is 12.2. The van der Waals surface area contributed by atoms with Gasteiger partial charge in [0.25, 0.3) is 5.91 Å². The van der Waals surface area contributed by atoms with Crippen LogP contribution in [-0.4, -0.2) is 72.8 Å². The van der Waals surface area contributed by atoms with Gasteiger partial charge in [-0.3, -0.25) is 14.5 Å². The quantitative estimate of drug-likeness (QED) is 0.431. The van der Waals surface area contributed by atoms with Gasteiger partial charge in [-0.2, -0.15) is 0 Å². The summed E-state index contributed by atoms with van der Waals surface area (Å²) in [5.74, 6) is -3.11. The number of primary amides is 1. The zero-order chi connectivity index (χ0) is 29.0. The molecule has 1 fully saturated rings. The first-order valence-corrected chi connectivity index (χ1v) is 13.0. The van der Waals surface area contributed by atoms with Crippen molar-refractivity contribution in [2.45, 2.75) is 26.3 Å². The van der Waals surface area contributed by atoms with Crippen molar-refractivity contribution in [2.24, 2.45) is 5.73 Å².